The lowest BCUT2D eigenvalue weighted by Gasteiger charge is -2.38. The van der Waals surface area contributed by atoms with Crippen LogP contribution in [0, 0.1) is 10.1 Å². The Balaban J connectivity index is 1.68. The summed E-state index contributed by atoms with van der Waals surface area (Å²) in [6, 6.07) is 12.3. The maximum Gasteiger partial charge on any atom is 0.269 e. The molecule has 0 radical (unpaired) electrons. The van der Waals surface area contributed by atoms with Crippen LogP contribution in [0.5, 0.6) is 11.5 Å². The lowest BCUT2D eigenvalue weighted by atomic mass is 10.0. The van der Waals surface area contributed by atoms with Crippen molar-refractivity contribution in [2.45, 2.75) is 32.4 Å². The Bertz CT molecular complexity index is 909. The van der Waals surface area contributed by atoms with E-state index in [4.69, 9.17) is 9.47 Å². The first-order valence-corrected chi connectivity index (χ1v) is 9.90. The van der Waals surface area contributed by atoms with Crippen LogP contribution in [0.25, 0.3) is 0 Å². The van der Waals surface area contributed by atoms with Crippen molar-refractivity contribution in [3.8, 4) is 11.5 Å². The van der Waals surface area contributed by atoms with Crippen molar-refractivity contribution in [1.29, 1.82) is 0 Å². The Hall–Kier alpha value is -3.13. The maximum absolute atomic E-state index is 12.4. The third-order valence-corrected chi connectivity index (χ3v) is 5.43. The number of amides is 1. The minimum Gasteiger partial charge on any atom is -0.493 e. The van der Waals surface area contributed by atoms with Gasteiger partial charge in [0.05, 0.1) is 19.1 Å². The fourth-order valence-corrected chi connectivity index (χ4v) is 3.99. The monoisotopic (exact) mass is 413 g/mol. The van der Waals surface area contributed by atoms with Gasteiger partial charge in [-0.1, -0.05) is 12.1 Å². The Morgan fingerprint density at radius 1 is 1.13 bits per heavy atom. The third-order valence-electron chi connectivity index (χ3n) is 5.43. The SMILES string of the molecule is COc1ccc(N(C(C)=O)C2CCN(Cc3cccc([N+](=O)[O-])c3)CC2)cc1OC. The minimum atomic E-state index is -0.371. The Morgan fingerprint density at radius 2 is 1.83 bits per heavy atom. The summed E-state index contributed by atoms with van der Waals surface area (Å²) in [6.07, 6.45) is 1.64. The number of carbonyl (C=O) groups excluding carboxylic acids is 1. The molecule has 30 heavy (non-hydrogen) atoms. The van der Waals surface area contributed by atoms with E-state index < -0.39 is 0 Å². The molecule has 0 unspecified atom stereocenters. The van der Waals surface area contributed by atoms with Gasteiger partial charge in [-0.05, 0) is 30.5 Å². The van der Waals surface area contributed by atoms with Gasteiger partial charge in [0.2, 0.25) is 5.91 Å². The van der Waals surface area contributed by atoms with Crippen LogP contribution >= 0.6 is 0 Å². The second-order valence-corrected chi connectivity index (χ2v) is 7.36. The van der Waals surface area contributed by atoms with Crippen LogP contribution in [-0.2, 0) is 11.3 Å². The number of likely N-dealkylation sites (tertiary alicyclic amines) is 1. The molecular weight excluding hydrogens is 386 g/mol. The molecule has 0 saturated carbocycles. The van der Waals surface area contributed by atoms with Gasteiger partial charge in [0.1, 0.15) is 0 Å². The second kappa shape index (κ2) is 9.58. The van der Waals surface area contributed by atoms with Crippen molar-refractivity contribution in [1.82, 2.24) is 4.90 Å². The standard InChI is InChI=1S/C22H27N3O5/c1-16(26)24(19-7-8-21(29-2)22(14-19)30-3)18-9-11-23(12-10-18)15-17-5-4-6-20(13-17)25(27)28/h4-8,13-14,18H,9-12,15H2,1-3H3. The number of non-ortho nitro benzene ring substituents is 1. The van der Waals surface area contributed by atoms with Crippen LogP contribution in [0.1, 0.15) is 25.3 Å². The summed E-state index contributed by atoms with van der Waals surface area (Å²) in [5.41, 5.74) is 1.82. The van der Waals surface area contributed by atoms with Crippen LogP contribution in [0.2, 0.25) is 0 Å². The molecule has 1 aliphatic rings. The lowest BCUT2D eigenvalue weighted by Crippen LogP contribution is -2.46. The number of ether oxygens (including phenoxy) is 2. The molecule has 0 N–H and O–H groups in total. The van der Waals surface area contributed by atoms with Gasteiger partial charge in [-0.3, -0.25) is 19.8 Å². The highest BCUT2D eigenvalue weighted by Gasteiger charge is 2.28. The van der Waals surface area contributed by atoms with E-state index >= 15 is 0 Å². The fourth-order valence-electron chi connectivity index (χ4n) is 3.99. The van der Waals surface area contributed by atoms with Gasteiger partial charge in [-0.15, -0.1) is 0 Å². The summed E-state index contributed by atoms with van der Waals surface area (Å²) in [6.45, 7) is 3.85. The Morgan fingerprint density at radius 3 is 2.43 bits per heavy atom. The van der Waals surface area contributed by atoms with E-state index in [-0.39, 0.29) is 22.6 Å². The molecule has 0 spiro atoms. The summed E-state index contributed by atoms with van der Waals surface area (Å²) in [7, 11) is 3.16. The first-order chi connectivity index (χ1) is 14.4. The highest BCUT2D eigenvalue weighted by molar-refractivity contribution is 5.92. The zero-order chi connectivity index (χ0) is 21.7. The summed E-state index contributed by atoms with van der Waals surface area (Å²) < 4.78 is 10.7. The van der Waals surface area contributed by atoms with Gasteiger partial charge in [0, 0.05) is 56.5 Å². The number of rotatable bonds is 7. The second-order valence-electron chi connectivity index (χ2n) is 7.36. The smallest absolute Gasteiger partial charge is 0.269 e. The molecule has 1 saturated heterocycles. The molecular formula is C22H27N3O5. The first-order valence-electron chi connectivity index (χ1n) is 9.90. The summed E-state index contributed by atoms with van der Waals surface area (Å²) in [5.74, 6) is 1.19. The summed E-state index contributed by atoms with van der Waals surface area (Å²) in [5, 5.41) is 11.0. The van der Waals surface area contributed by atoms with E-state index in [1.165, 1.54) is 6.07 Å². The summed E-state index contributed by atoms with van der Waals surface area (Å²) >= 11 is 0. The van der Waals surface area contributed by atoms with Gasteiger partial charge >= 0.3 is 0 Å². The largest absolute Gasteiger partial charge is 0.493 e. The van der Waals surface area contributed by atoms with Crippen molar-refractivity contribution in [3.63, 3.8) is 0 Å². The van der Waals surface area contributed by atoms with E-state index in [9.17, 15) is 14.9 Å². The maximum atomic E-state index is 12.4. The van der Waals surface area contributed by atoms with E-state index in [1.54, 1.807) is 33.3 Å². The molecule has 0 aliphatic carbocycles. The van der Waals surface area contributed by atoms with Crippen LogP contribution in [0.15, 0.2) is 42.5 Å². The molecule has 0 atom stereocenters. The first kappa shape index (κ1) is 21.6. The van der Waals surface area contributed by atoms with Gasteiger partial charge < -0.3 is 14.4 Å². The number of nitro benzene ring substituents is 1. The van der Waals surface area contributed by atoms with E-state index in [2.05, 4.69) is 4.90 Å². The average Bonchev–Trinajstić information content (AvgIpc) is 2.75. The number of anilines is 1. The van der Waals surface area contributed by atoms with E-state index in [0.29, 0.717) is 18.0 Å². The van der Waals surface area contributed by atoms with Gasteiger partial charge in [-0.2, -0.15) is 0 Å². The molecule has 8 heteroatoms. The zero-order valence-electron chi connectivity index (χ0n) is 17.5. The molecule has 2 aromatic rings. The number of hydrogen-bond acceptors (Lipinski definition) is 6. The van der Waals surface area contributed by atoms with Crippen molar-refractivity contribution in [2.75, 3.05) is 32.2 Å². The van der Waals surface area contributed by atoms with Crippen molar-refractivity contribution < 1.29 is 19.2 Å². The quantitative estimate of drug-likeness (QED) is 0.509. The molecule has 160 valence electrons. The predicted octanol–water partition coefficient (Wildman–Crippen LogP) is 3.63. The Kier molecular flexibility index (Phi) is 6.89. The highest BCUT2D eigenvalue weighted by atomic mass is 16.6. The van der Waals surface area contributed by atoms with Crippen LogP contribution < -0.4 is 14.4 Å². The molecule has 0 aromatic heterocycles. The molecule has 3 rings (SSSR count). The van der Waals surface area contributed by atoms with Gasteiger partial charge in [0.15, 0.2) is 11.5 Å². The van der Waals surface area contributed by atoms with Crippen molar-refractivity contribution in [2.24, 2.45) is 0 Å². The van der Waals surface area contributed by atoms with Crippen LogP contribution in [0.3, 0.4) is 0 Å². The molecule has 1 amide bonds. The third kappa shape index (κ3) is 4.88. The van der Waals surface area contributed by atoms with Gasteiger partial charge in [-0.25, -0.2) is 0 Å². The van der Waals surface area contributed by atoms with Crippen LogP contribution in [-0.4, -0.2) is 49.1 Å². The molecule has 2 aromatic carbocycles. The normalized spacial score (nSPS) is 14.9. The molecule has 1 aliphatic heterocycles. The average molecular weight is 413 g/mol. The predicted molar refractivity (Wildman–Crippen MR) is 114 cm³/mol. The molecule has 1 fully saturated rings. The Labute approximate surface area is 176 Å². The number of nitro groups is 1. The van der Waals surface area contributed by atoms with Gasteiger partial charge in [0.25, 0.3) is 5.69 Å². The van der Waals surface area contributed by atoms with Crippen LogP contribution in [0.4, 0.5) is 11.4 Å². The summed E-state index contributed by atoms with van der Waals surface area (Å²) in [4.78, 5) is 27.2. The molecule has 1 heterocycles. The molecule has 8 nitrogen and oxygen atoms in total. The van der Waals surface area contributed by atoms with E-state index in [0.717, 1.165) is 37.2 Å². The number of hydrogen-bond donors (Lipinski definition) is 0. The highest BCUT2D eigenvalue weighted by Crippen LogP contribution is 2.34. The van der Waals surface area contributed by atoms with Crippen molar-refractivity contribution in [3.05, 3.63) is 58.1 Å². The molecule has 0 bridgehead atoms. The topological polar surface area (TPSA) is 85.2 Å². The minimum absolute atomic E-state index is 0.0145. The van der Waals surface area contributed by atoms with E-state index in [1.807, 2.05) is 29.2 Å². The zero-order valence-corrected chi connectivity index (χ0v) is 17.5. The number of benzene rings is 2. The van der Waals surface area contributed by atoms with Crippen molar-refractivity contribution >= 4 is 17.3 Å². The fraction of sp³-hybridized carbons (Fsp3) is 0.409. The number of nitrogens with zero attached hydrogens (tertiary/aromatic N) is 3. The number of piperidine rings is 1. The lowest BCUT2D eigenvalue weighted by molar-refractivity contribution is -0.384. The number of carbonyl (C=O) groups is 1. The number of methoxy groups -OCH3 is 2.